The summed E-state index contributed by atoms with van der Waals surface area (Å²) in [5.74, 6) is 0. The van der Waals surface area contributed by atoms with Gasteiger partial charge in [0.1, 0.15) is 0 Å². The van der Waals surface area contributed by atoms with Crippen LogP contribution in [0.3, 0.4) is 0 Å². The molecule has 18 heavy (non-hydrogen) atoms. The van der Waals surface area contributed by atoms with Crippen LogP contribution in [0.5, 0.6) is 0 Å². The SMILES string of the molecule is CNCc1c(Cl)cccc1-n1nc(C)c(Br)c1C. The summed E-state index contributed by atoms with van der Waals surface area (Å²) in [4.78, 5) is 0. The van der Waals surface area contributed by atoms with Crippen LogP contribution in [0, 0.1) is 13.8 Å². The highest BCUT2D eigenvalue weighted by molar-refractivity contribution is 9.10. The number of nitrogens with zero attached hydrogens (tertiary/aromatic N) is 2. The molecule has 0 aliphatic rings. The van der Waals surface area contributed by atoms with E-state index < -0.39 is 0 Å². The van der Waals surface area contributed by atoms with Crippen molar-refractivity contribution in [1.82, 2.24) is 15.1 Å². The molecular weight excluding hydrogens is 314 g/mol. The fourth-order valence-electron chi connectivity index (χ4n) is 1.96. The van der Waals surface area contributed by atoms with E-state index in [0.29, 0.717) is 6.54 Å². The molecule has 2 rings (SSSR count). The van der Waals surface area contributed by atoms with Crippen molar-refractivity contribution in [1.29, 1.82) is 0 Å². The van der Waals surface area contributed by atoms with Crippen molar-refractivity contribution >= 4 is 27.5 Å². The molecule has 0 fully saturated rings. The molecule has 1 aromatic carbocycles. The fraction of sp³-hybridized carbons (Fsp3) is 0.308. The van der Waals surface area contributed by atoms with Crippen molar-refractivity contribution in [3.8, 4) is 5.69 Å². The van der Waals surface area contributed by atoms with E-state index >= 15 is 0 Å². The molecule has 0 aliphatic heterocycles. The lowest BCUT2D eigenvalue weighted by atomic mass is 10.1. The summed E-state index contributed by atoms with van der Waals surface area (Å²) in [6.07, 6.45) is 0. The smallest absolute Gasteiger partial charge is 0.0743 e. The summed E-state index contributed by atoms with van der Waals surface area (Å²) in [5.41, 5.74) is 4.12. The molecule has 0 unspecified atom stereocenters. The van der Waals surface area contributed by atoms with Gasteiger partial charge in [0.2, 0.25) is 0 Å². The van der Waals surface area contributed by atoms with Gasteiger partial charge in [-0.25, -0.2) is 4.68 Å². The predicted molar refractivity (Wildman–Crippen MR) is 78.5 cm³/mol. The van der Waals surface area contributed by atoms with E-state index in [1.807, 2.05) is 43.8 Å². The third kappa shape index (κ3) is 2.32. The first-order valence-electron chi connectivity index (χ1n) is 5.70. The average molecular weight is 329 g/mol. The molecule has 2 aromatic rings. The number of hydrogen-bond donors (Lipinski definition) is 1. The molecule has 0 saturated heterocycles. The molecule has 1 N–H and O–H groups in total. The van der Waals surface area contributed by atoms with Crippen LogP contribution in [-0.4, -0.2) is 16.8 Å². The molecule has 96 valence electrons. The second-order valence-corrected chi connectivity index (χ2v) is 5.36. The zero-order chi connectivity index (χ0) is 13.3. The van der Waals surface area contributed by atoms with Crippen molar-refractivity contribution in [2.45, 2.75) is 20.4 Å². The van der Waals surface area contributed by atoms with E-state index in [1.54, 1.807) is 0 Å². The fourth-order valence-corrected chi connectivity index (χ4v) is 2.44. The second-order valence-electron chi connectivity index (χ2n) is 4.16. The van der Waals surface area contributed by atoms with Gasteiger partial charge in [0.05, 0.1) is 21.5 Å². The zero-order valence-corrected chi connectivity index (χ0v) is 12.9. The Morgan fingerprint density at radius 1 is 1.39 bits per heavy atom. The van der Waals surface area contributed by atoms with Gasteiger partial charge in [0.25, 0.3) is 0 Å². The van der Waals surface area contributed by atoms with Crippen molar-refractivity contribution in [3.05, 3.63) is 44.6 Å². The molecule has 1 aromatic heterocycles. The number of hydrogen-bond acceptors (Lipinski definition) is 2. The van der Waals surface area contributed by atoms with Gasteiger partial charge in [-0.05, 0) is 49.0 Å². The first-order chi connectivity index (χ1) is 8.56. The molecule has 0 amide bonds. The molecule has 0 bridgehead atoms. The highest BCUT2D eigenvalue weighted by Gasteiger charge is 2.14. The van der Waals surface area contributed by atoms with Crippen LogP contribution in [0.1, 0.15) is 17.0 Å². The van der Waals surface area contributed by atoms with Crippen LogP contribution < -0.4 is 5.32 Å². The minimum Gasteiger partial charge on any atom is -0.316 e. The van der Waals surface area contributed by atoms with E-state index in [1.165, 1.54) is 0 Å². The maximum atomic E-state index is 6.26. The number of rotatable bonds is 3. The quantitative estimate of drug-likeness (QED) is 0.932. The minimum absolute atomic E-state index is 0.713. The van der Waals surface area contributed by atoms with E-state index in [9.17, 15) is 0 Å². The van der Waals surface area contributed by atoms with Crippen molar-refractivity contribution in [2.24, 2.45) is 0 Å². The summed E-state index contributed by atoms with van der Waals surface area (Å²) in [5, 5.41) is 8.44. The number of halogens is 2. The highest BCUT2D eigenvalue weighted by atomic mass is 79.9. The Kier molecular flexibility index (Phi) is 4.10. The van der Waals surface area contributed by atoms with Gasteiger partial charge in [-0.15, -0.1) is 0 Å². The largest absolute Gasteiger partial charge is 0.316 e. The van der Waals surface area contributed by atoms with Gasteiger partial charge in [-0.2, -0.15) is 5.10 Å². The molecule has 0 saturated carbocycles. The molecule has 5 heteroatoms. The van der Waals surface area contributed by atoms with Gasteiger partial charge >= 0.3 is 0 Å². The Labute approximate surface area is 120 Å². The standard InChI is InChI=1S/C13H15BrClN3/c1-8-13(14)9(2)18(17-8)12-6-4-5-11(15)10(12)7-16-3/h4-6,16H,7H2,1-3H3. The van der Waals surface area contributed by atoms with E-state index in [-0.39, 0.29) is 0 Å². The highest BCUT2D eigenvalue weighted by Crippen LogP contribution is 2.27. The van der Waals surface area contributed by atoms with Crippen molar-refractivity contribution in [3.63, 3.8) is 0 Å². The molecule has 0 spiro atoms. The summed E-state index contributed by atoms with van der Waals surface area (Å²) < 4.78 is 2.97. The maximum absolute atomic E-state index is 6.26. The maximum Gasteiger partial charge on any atom is 0.0743 e. The average Bonchev–Trinajstić information content (AvgIpc) is 2.60. The molecule has 1 heterocycles. The summed E-state index contributed by atoms with van der Waals surface area (Å²) >= 11 is 9.81. The second kappa shape index (κ2) is 5.43. The van der Waals surface area contributed by atoms with E-state index in [4.69, 9.17) is 11.6 Å². The Balaban J connectivity index is 2.63. The Hall–Kier alpha value is -0.840. The normalized spacial score (nSPS) is 10.9. The van der Waals surface area contributed by atoms with Gasteiger partial charge in [0.15, 0.2) is 0 Å². The first kappa shape index (κ1) is 13.6. The van der Waals surface area contributed by atoms with Gasteiger partial charge in [-0.3, -0.25) is 0 Å². The number of nitrogens with one attached hydrogen (secondary N) is 1. The number of benzene rings is 1. The minimum atomic E-state index is 0.713. The number of aromatic nitrogens is 2. The van der Waals surface area contributed by atoms with Crippen LogP contribution in [0.2, 0.25) is 5.02 Å². The van der Waals surface area contributed by atoms with Crippen molar-refractivity contribution < 1.29 is 0 Å². The van der Waals surface area contributed by atoms with Crippen LogP contribution in [0.4, 0.5) is 0 Å². The van der Waals surface area contributed by atoms with Crippen LogP contribution >= 0.6 is 27.5 Å². The topological polar surface area (TPSA) is 29.9 Å². The molecule has 3 nitrogen and oxygen atoms in total. The summed E-state index contributed by atoms with van der Waals surface area (Å²) in [6.45, 7) is 4.73. The van der Waals surface area contributed by atoms with Gasteiger partial charge in [-0.1, -0.05) is 17.7 Å². The lowest BCUT2D eigenvalue weighted by Crippen LogP contribution is -2.11. The lowest BCUT2D eigenvalue weighted by molar-refractivity contribution is 0.775. The van der Waals surface area contributed by atoms with Crippen LogP contribution in [-0.2, 0) is 6.54 Å². The van der Waals surface area contributed by atoms with Crippen molar-refractivity contribution in [2.75, 3.05) is 7.05 Å². The molecule has 0 atom stereocenters. The lowest BCUT2D eigenvalue weighted by Gasteiger charge is -2.12. The monoisotopic (exact) mass is 327 g/mol. The summed E-state index contributed by atoms with van der Waals surface area (Å²) in [7, 11) is 1.91. The van der Waals surface area contributed by atoms with Gasteiger partial charge < -0.3 is 5.32 Å². The van der Waals surface area contributed by atoms with Crippen LogP contribution in [0.15, 0.2) is 22.7 Å². The Morgan fingerprint density at radius 2 is 2.11 bits per heavy atom. The summed E-state index contributed by atoms with van der Waals surface area (Å²) in [6, 6.07) is 5.88. The van der Waals surface area contributed by atoms with Gasteiger partial charge in [0, 0.05) is 17.1 Å². The molecule has 0 radical (unpaired) electrons. The number of aryl methyl sites for hydroxylation is 1. The first-order valence-corrected chi connectivity index (χ1v) is 6.87. The zero-order valence-electron chi connectivity index (χ0n) is 10.6. The Morgan fingerprint density at radius 3 is 2.67 bits per heavy atom. The predicted octanol–water partition coefficient (Wildman–Crippen LogP) is 3.62. The third-order valence-corrected chi connectivity index (χ3v) is 4.38. The Bertz CT molecular complexity index is 578. The van der Waals surface area contributed by atoms with E-state index in [2.05, 4.69) is 26.3 Å². The molecule has 0 aliphatic carbocycles. The molecular formula is C13H15BrClN3. The van der Waals surface area contributed by atoms with E-state index in [0.717, 1.165) is 32.1 Å². The van der Waals surface area contributed by atoms with Crippen LogP contribution in [0.25, 0.3) is 5.69 Å². The third-order valence-electron chi connectivity index (χ3n) is 2.88.